The summed E-state index contributed by atoms with van der Waals surface area (Å²) >= 11 is 6.11. The molecule has 3 aromatic rings. The fourth-order valence-electron chi connectivity index (χ4n) is 5.73. The van der Waals surface area contributed by atoms with Crippen molar-refractivity contribution in [2.45, 2.75) is 48.6 Å². The molecule has 4 atom stereocenters. The first-order valence-corrected chi connectivity index (χ1v) is 16.0. The van der Waals surface area contributed by atoms with E-state index >= 15 is 4.39 Å². The van der Waals surface area contributed by atoms with E-state index in [0.717, 1.165) is 11.8 Å². The normalized spacial score (nSPS) is 19.8. The molecule has 2 aliphatic heterocycles. The lowest BCUT2D eigenvalue weighted by molar-refractivity contribution is -0.118. The van der Waals surface area contributed by atoms with Crippen LogP contribution in [0.5, 0.6) is 5.75 Å². The highest BCUT2D eigenvalue weighted by Crippen LogP contribution is 2.38. The molecule has 1 aromatic heterocycles. The molecule has 0 radical (unpaired) electrons. The Labute approximate surface area is 260 Å². The third-order valence-corrected chi connectivity index (χ3v) is 10.3. The number of azide groups is 1. The number of nitrogens with zero attached hydrogens (tertiary/aromatic N) is 5. The van der Waals surface area contributed by atoms with Crippen molar-refractivity contribution in [3.8, 4) is 5.75 Å². The number of benzene rings is 2. The standard InChI is InChI=1S/C30H32ClFN6O5S/c1-42-23-7-9-24(10-8-23)44(40,41)38-18-22(38)6-11-25-26(32)16-34-17-27(25)35-30(39)29(36-37-33)28(20-12-14-43-15-13-20)19-2-4-21(31)5-3-19/h2-5,7-10,16-17,20,22,28-29H,6,11-15,18H2,1H3,(H,35,39)/t22-,28-,29?,38?/m0/s1. The summed E-state index contributed by atoms with van der Waals surface area (Å²) in [5, 5.41) is 7.19. The molecule has 14 heteroatoms. The Kier molecular flexibility index (Phi) is 10.0. The number of methoxy groups -OCH3 is 1. The van der Waals surface area contributed by atoms with E-state index in [1.807, 2.05) is 12.1 Å². The van der Waals surface area contributed by atoms with Gasteiger partial charge in [0.05, 0.1) is 30.1 Å². The zero-order chi connectivity index (χ0) is 31.3. The first kappa shape index (κ1) is 31.7. The largest absolute Gasteiger partial charge is 0.497 e. The highest BCUT2D eigenvalue weighted by Gasteiger charge is 2.44. The third-order valence-electron chi connectivity index (χ3n) is 8.13. The zero-order valence-corrected chi connectivity index (χ0v) is 25.5. The Bertz CT molecular complexity index is 1630. The summed E-state index contributed by atoms with van der Waals surface area (Å²) in [4.78, 5) is 20.8. The number of nitrogens with one attached hydrogen (secondary N) is 1. The molecule has 2 fully saturated rings. The summed E-state index contributed by atoms with van der Waals surface area (Å²) in [6.45, 7) is 1.34. The van der Waals surface area contributed by atoms with Gasteiger partial charge in [-0.05, 0) is 79.1 Å². The summed E-state index contributed by atoms with van der Waals surface area (Å²) in [7, 11) is -2.21. The Morgan fingerprint density at radius 1 is 1.20 bits per heavy atom. The van der Waals surface area contributed by atoms with Crippen molar-refractivity contribution in [1.29, 1.82) is 0 Å². The quantitative estimate of drug-likeness (QED) is 0.116. The maximum Gasteiger partial charge on any atom is 0.243 e. The summed E-state index contributed by atoms with van der Waals surface area (Å²) in [5.74, 6) is -1.17. The van der Waals surface area contributed by atoms with E-state index < -0.39 is 33.7 Å². The number of halogens is 2. The summed E-state index contributed by atoms with van der Waals surface area (Å²) < 4.78 is 53.2. The molecule has 0 saturated carbocycles. The molecular weight excluding hydrogens is 611 g/mol. The Morgan fingerprint density at radius 3 is 2.57 bits per heavy atom. The van der Waals surface area contributed by atoms with Crippen molar-refractivity contribution in [3.05, 3.63) is 93.3 Å². The van der Waals surface area contributed by atoms with Crippen LogP contribution in [-0.2, 0) is 26.0 Å². The van der Waals surface area contributed by atoms with Gasteiger partial charge >= 0.3 is 0 Å². The van der Waals surface area contributed by atoms with Gasteiger partial charge in [-0.3, -0.25) is 9.78 Å². The molecule has 0 aliphatic carbocycles. The maximum atomic E-state index is 15.1. The lowest BCUT2D eigenvalue weighted by Crippen LogP contribution is -2.37. The highest BCUT2D eigenvalue weighted by atomic mass is 35.5. The van der Waals surface area contributed by atoms with Crippen LogP contribution in [0.15, 0.2) is 70.9 Å². The van der Waals surface area contributed by atoms with Crippen LogP contribution in [0, 0.1) is 11.7 Å². The lowest BCUT2D eigenvalue weighted by Gasteiger charge is -2.34. The summed E-state index contributed by atoms with van der Waals surface area (Å²) in [6.07, 6.45) is 4.20. The van der Waals surface area contributed by atoms with Gasteiger partial charge in [0.1, 0.15) is 17.6 Å². The second kappa shape index (κ2) is 13.9. The van der Waals surface area contributed by atoms with E-state index in [-0.39, 0.29) is 34.5 Å². The molecule has 2 aromatic carbocycles. The maximum absolute atomic E-state index is 15.1. The SMILES string of the molecule is COc1ccc(S(=O)(=O)N2C[C@@H]2CCc2c(F)cncc2NC(=O)C(N=[N+]=[N-])[C@@H](c2ccc(Cl)cc2)C2CCOCC2)cc1. The topological polar surface area (TPSA) is 146 Å². The van der Waals surface area contributed by atoms with Crippen LogP contribution < -0.4 is 10.1 Å². The molecule has 0 spiro atoms. The van der Waals surface area contributed by atoms with Gasteiger partial charge in [-0.2, -0.15) is 4.31 Å². The average molecular weight is 643 g/mol. The van der Waals surface area contributed by atoms with Crippen LogP contribution in [0.2, 0.25) is 5.02 Å². The lowest BCUT2D eigenvalue weighted by atomic mass is 9.76. The van der Waals surface area contributed by atoms with Crippen LogP contribution >= 0.6 is 11.6 Å². The van der Waals surface area contributed by atoms with Crippen LogP contribution in [0.3, 0.4) is 0 Å². The number of sulfonamides is 1. The molecular formula is C30H32ClFN6O5S. The van der Waals surface area contributed by atoms with Crippen molar-refractivity contribution in [1.82, 2.24) is 9.29 Å². The van der Waals surface area contributed by atoms with Gasteiger partial charge in [0.15, 0.2) is 0 Å². The summed E-state index contributed by atoms with van der Waals surface area (Å²) in [5.41, 5.74) is 10.6. The second-order valence-electron chi connectivity index (χ2n) is 10.8. The fourth-order valence-corrected chi connectivity index (χ4v) is 7.47. The number of pyridine rings is 1. The number of ether oxygens (including phenoxy) is 2. The smallest absolute Gasteiger partial charge is 0.243 e. The first-order valence-electron chi connectivity index (χ1n) is 14.2. The Morgan fingerprint density at radius 2 is 1.91 bits per heavy atom. The van der Waals surface area contributed by atoms with Crippen molar-refractivity contribution >= 4 is 33.2 Å². The van der Waals surface area contributed by atoms with E-state index in [1.54, 1.807) is 24.3 Å². The first-order chi connectivity index (χ1) is 21.2. The second-order valence-corrected chi connectivity index (χ2v) is 13.1. The van der Waals surface area contributed by atoms with Gasteiger partial charge in [0.2, 0.25) is 15.9 Å². The van der Waals surface area contributed by atoms with Gasteiger partial charge in [-0.25, -0.2) is 12.8 Å². The van der Waals surface area contributed by atoms with Gasteiger partial charge < -0.3 is 14.8 Å². The molecule has 11 nitrogen and oxygen atoms in total. The van der Waals surface area contributed by atoms with Crippen molar-refractivity contribution in [2.75, 3.05) is 32.2 Å². The van der Waals surface area contributed by atoms with Crippen LogP contribution in [-0.4, -0.2) is 62.6 Å². The Hall–Kier alpha value is -3.74. The van der Waals surface area contributed by atoms with Crippen LogP contribution in [0.4, 0.5) is 10.1 Å². The van der Waals surface area contributed by atoms with Gasteiger partial charge in [0.25, 0.3) is 0 Å². The molecule has 1 amide bonds. The number of carbonyl (C=O) groups excluding carboxylic acids is 1. The van der Waals surface area contributed by atoms with Crippen molar-refractivity contribution < 1.29 is 27.1 Å². The molecule has 2 unspecified atom stereocenters. The molecule has 1 N–H and O–H groups in total. The van der Waals surface area contributed by atoms with E-state index in [9.17, 15) is 18.7 Å². The average Bonchev–Trinajstić information content (AvgIpc) is 3.83. The number of rotatable bonds is 12. The predicted octanol–water partition coefficient (Wildman–Crippen LogP) is 5.72. The van der Waals surface area contributed by atoms with Gasteiger partial charge in [-0.15, -0.1) is 0 Å². The van der Waals surface area contributed by atoms with E-state index in [0.29, 0.717) is 49.8 Å². The number of hydrogen-bond acceptors (Lipinski definition) is 7. The molecule has 2 aliphatic rings. The number of carbonyl (C=O) groups is 1. The molecule has 2 saturated heterocycles. The van der Waals surface area contributed by atoms with Crippen LogP contribution in [0.25, 0.3) is 10.4 Å². The van der Waals surface area contributed by atoms with Gasteiger partial charge in [-0.1, -0.05) is 28.8 Å². The predicted molar refractivity (Wildman–Crippen MR) is 162 cm³/mol. The fraction of sp³-hybridized carbons (Fsp3) is 0.400. The Balaban J connectivity index is 1.32. The number of amides is 1. The van der Waals surface area contributed by atoms with Gasteiger partial charge in [0, 0.05) is 47.2 Å². The number of aromatic nitrogens is 1. The molecule has 3 heterocycles. The van der Waals surface area contributed by atoms with E-state index in [2.05, 4.69) is 20.3 Å². The van der Waals surface area contributed by atoms with E-state index in [4.69, 9.17) is 21.1 Å². The number of hydrogen-bond donors (Lipinski definition) is 1. The minimum Gasteiger partial charge on any atom is -0.497 e. The molecule has 0 bridgehead atoms. The van der Waals surface area contributed by atoms with E-state index in [1.165, 1.54) is 29.7 Å². The monoisotopic (exact) mass is 642 g/mol. The number of anilines is 1. The zero-order valence-electron chi connectivity index (χ0n) is 24.0. The van der Waals surface area contributed by atoms with Crippen molar-refractivity contribution in [3.63, 3.8) is 0 Å². The highest BCUT2D eigenvalue weighted by molar-refractivity contribution is 7.89. The summed E-state index contributed by atoms with van der Waals surface area (Å²) in [6, 6.07) is 11.7. The molecule has 44 heavy (non-hydrogen) atoms. The minimum atomic E-state index is -3.71. The van der Waals surface area contributed by atoms with Crippen molar-refractivity contribution in [2.24, 2.45) is 11.0 Å². The third kappa shape index (κ3) is 7.14. The minimum absolute atomic E-state index is 0.00946. The molecule has 232 valence electrons. The van der Waals surface area contributed by atoms with Crippen LogP contribution in [0.1, 0.15) is 36.3 Å². The molecule has 5 rings (SSSR count).